The number of nitrogens with zero attached hydrogens (tertiary/aromatic N) is 2. The van der Waals surface area contributed by atoms with Crippen molar-refractivity contribution in [3.05, 3.63) is 12.1 Å². The number of furan rings is 1. The summed E-state index contributed by atoms with van der Waals surface area (Å²) in [6, 6.07) is 3.46. The standard InChI is InChI=1S/C12H20N4O4/c13-11-7-9-10(20-11)8-12(16(9)14-1-4-17)15(2-5-18)3-6-19/h7-8,14,17-19H,1-6,13H2. The number of anilines is 2. The van der Waals surface area contributed by atoms with Crippen LogP contribution in [0.1, 0.15) is 0 Å². The van der Waals surface area contributed by atoms with E-state index in [1.165, 1.54) is 0 Å². The lowest BCUT2D eigenvalue weighted by Crippen LogP contribution is -2.33. The molecule has 8 heteroatoms. The lowest BCUT2D eigenvalue weighted by Gasteiger charge is -2.24. The average Bonchev–Trinajstić information content (AvgIpc) is 2.92. The zero-order chi connectivity index (χ0) is 14.5. The van der Waals surface area contributed by atoms with Gasteiger partial charge in [-0.25, -0.2) is 4.68 Å². The second-order valence-electron chi connectivity index (χ2n) is 4.30. The molecule has 6 N–H and O–H groups in total. The minimum Gasteiger partial charge on any atom is -0.439 e. The quantitative estimate of drug-likeness (QED) is 0.428. The number of aliphatic hydroxyl groups excluding tert-OH is 3. The molecule has 0 aliphatic rings. The molecule has 0 atom stereocenters. The molecule has 0 aliphatic heterocycles. The molecule has 0 aromatic carbocycles. The maximum atomic E-state index is 9.12. The summed E-state index contributed by atoms with van der Waals surface area (Å²) >= 11 is 0. The van der Waals surface area contributed by atoms with Gasteiger partial charge in [0.25, 0.3) is 0 Å². The fourth-order valence-corrected chi connectivity index (χ4v) is 2.14. The summed E-state index contributed by atoms with van der Waals surface area (Å²) in [5, 5.41) is 27.2. The summed E-state index contributed by atoms with van der Waals surface area (Å²) in [4.78, 5) is 1.82. The molecule has 0 amide bonds. The van der Waals surface area contributed by atoms with Gasteiger partial charge < -0.3 is 35.8 Å². The Morgan fingerprint density at radius 2 is 1.85 bits per heavy atom. The predicted molar refractivity (Wildman–Crippen MR) is 76.3 cm³/mol. The van der Waals surface area contributed by atoms with E-state index in [4.69, 9.17) is 25.5 Å². The minimum atomic E-state index is -0.0331. The fourth-order valence-electron chi connectivity index (χ4n) is 2.14. The summed E-state index contributed by atoms with van der Waals surface area (Å²) in [5.74, 6) is 1.03. The largest absolute Gasteiger partial charge is 0.439 e. The number of nitrogen functional groups attached to an aromatic ring is 1. The van der Waals surface area contributed by atoms with Crippen molar-refractivity contribution in [1.82, 2.24) is 4.68 Å². The molecule has 20 heavy (non-hydrogen) atoms. The molecule has 0 saturated carbocycles. The Morgan fingerprint density at radius 1 is 1.15 bits per heavy atom. The molecular formula is C12H20N4O4. The van der Waals surface area contributed by atoms with Gasteiger partial charge in [0.1, 0.15) is 11.3 Å². The molecule has 0 saturated heterocycles. The van der Waals surface area contributed by atoms with Crippen LogP contribution < -0.4 is 16.1 Å². The molecule has 8 nitrogen and oxygen atoms in total. The van der Waals surface area contributed by atoms with Gasteiger partial charge in [-0.05, 0) is 0 Å². The zero-order valence-corrected chi connectivity index (χ0v) is 11.1. The van der Waals surface area contributed by atoms with Crippen LogP contribution in [0.4, 0.5) is 11.7 Å². The highest BCUT2D eigenvalue weighted by atomic mass is 16.3. The van der Waals surface area contributed by atoms with E-state index in [0.717, 1.165) is 11.3 Å². The highest BCUT2D eigenvalue weighted by Gasteiger charge is 2.17. The number of rotatable bonds is 8. The van der Waals surface area contributed by atoms with Crippen LogP contribution in [0.25, 0.3) is 11.1 Å². The summed E-state index contributed by atoms with van der Waals surface area (Å²) in [5.41, 5.74) is 10.0. The Labute approximate surface area is 116 Å². The Morgan fingerprint density at radius 3 is 2.45 bits per heavy atom. The van der Waals surface area contributed by atoms with Crippen molar-refractivity contribution in [2.24, 2.45) is 0 Å². The monoisotopic (exact) mass is 284 g/mol. The maximum Gasteiger partial charge on any atom is 0.193 e. The van der Waals surface area contributed by atoms with E-state index in [-0.39, 0.29) is 19.8 Å². The number of hydrogen-bond donors (Lipinski definition) is 5. The SMILES string of the molecule is Nc1cc2c(cc(N(CCO)CCO)n2NCCO)o1. The third-order valence-electron chi connectivity index (χ3n) is 2.93. The van der Waals surface area contributed by atoms with Gasteiger partial charge in [0.05, 0.1) is 26.4 Å². The third-order valence-corrected chi connectivity index (χ3v) is 2.93. The number of nitrogens with two attached hydrogens (primary N) is 1. The molecular weight excluding hydrogens is 264 g/mol. The van der Waals surface area contributed by atoms with Crippen LogP contribution in [0, 0.1) is 0 Å². The molecule has 2 aromatic rings. The van der Waals surface area contributed by atoms with Crippen LogP contribution in [0.5, 0.6) is 0 Å². The van der Waals surface area contributed by atoms with Crippen molar-refractivity contribution in [2.75, 3.05) is 55.5 Å². The maximum absolute atomic E-state index is 9.12. The van der Waals surface area contributed by atoms with Gasteiger partial charge in [-0.2, -0.15) is 0 Å². The average molecular weight is 284 g/mol. The van der Waals surface area contributed by atoms with E-state index < -0.39 is 0 Å². The lowest BCUT2D eigenvalue weighted by molar-refractivity contribution is 0.280. The Balaban J connectivity index is 2.40. The Hall–Kier alpha value is -1.90. The smallest absolute Gasteiger partial charge is 0.193 e. The summed E-state index contributed by atoms with van der Waals surface area (Å²) in [6.07, 6.45) is 0. The summed E-state index contributed by atoms with van der Waals surface area (Å²) < 4.78 is 7.11. The van der Waals surface area contributed by atoms with E-state index >= 15 is 0 Å². The van der Waals surface area contributed by atoms with Crippen LogP contribution in [0.2, 0.25) is 0 Å². The third kappa shape index (κ3) is 2.82. The lowest BCUT2D eigenvalue weighted by atomic mass is 10.4. The summed E-state index contributed by atoms with van der Waals surface area (Å²) in [6.45, 7) is 1.02. The molecule has 0 unspecified atom stereocenters. The molecule has 2 rings (SSSR count). The molecule has 112 valence electrons. The fraction of sp³-hybridized carbons (Fsp3) is 0.500. The van der Waals surface area contributed by atoms with Crippen LogP contribution >= 0.6 is 0 Å². The Bertz CT molecular complexity index is 545. The normalized spacial score (nSPS) is 11.2. The number of nitrogens with one attached hydrogen (secondary N) is 1. The number of aliphatic hydroxyl groups is 3. The van der Waals surface area contributed by atoms with E-state index in [9.17, 15) is 0 Å². The zero-order valence-electron chi connectivity index (χ0n) is 11.1. The van der Waals surface area contributed by atoms with Crippen molar-refractivity contribution in [2.45, 2.75) is 0 Å². The first kappa shape index (κ1) is 14.5. The van der Waals surface area contributed by atoms with Crippen LogP contribution in [-0.2, 0) is 0 Å². The second-order valence-corrected chi connectivity index (χ2v) is 4.30. The van der Waals surface area contributed by atoms with Gasteiger partial charge in [-0.15, -0.1) is 0 Å². The van der Waals surface area contributed by atoms with Crippen LogP contribution in [-0.4, -0.2) is 59.5 Å². The molecule has 2 heterocycles. The molecule has 0 spiro atoms. The van der Waals surface area contributed by atoms with Gasteiger partial charge in [0.2, 0.25) is 0 Å². The van der Waals surface area contributed by atoms with Gasteiger partial charge in [-0.1, -0.05) is 0 Å². The molecule has 0 radical (unpaired) electrons. The van der Waals surface area contributed by atoms with E-state index in [1.807, 2.05) is 4.90 Å². The van der Waals surface area contributed by atoms with Gasteiger partial charge >= 0.3 is 0 Å². The molecule has 0 bridgehead atoms. The number of aromatic nitrogens is 1. The van der Waals surface area contributed by atoms with Crippen LogP contribution in [0.3, 0.4) is 0 Å². The number of fused-ring (bicyclic) bond motifs is 1. The Kier molecular flexibility index (Phi) is 4.72. The van der Waals surface area contributed by atoms with E-state index in [1.54, 1.807) is 16.8 Å². The molecule has 0 fully saturated rings. The van der Waals surface area contributed by atoms with Gasteiger partial charge in [0, 0.05) is 25.2 Å². The highest BCUT2D eigenvalue weighted by molar-refractivity contribution is 5.83. The topological polar surface area (TPSA) is 120 Å². The first-order valence-electron chi connectivity index (χ1n) is 6.43. The van der Waals surface area contributed by atoms with Crippen molar-refractivity contribution in [1.29, 1.82) is 0 Å². The first-order chi connectivity index (χ1) is 9.71. The van der Waals surface area contributed by atoms with Gasteiger partial charge in [0.15, 0.2) is 11.5 Å². The second kappa shape index (κ2) is 6.51. The van der Waals surface area contributed by atoms with Crippen LogP contribution in [0.15, 0.2) is 16.5 Å². The van der Waals surface area contributed by atoms with E-state index in [2.05, 4.69) is 5.43 Å². The van der Waals surface area contributed by atoms with Crippen molar-refractivity contribution < 1.29 is 19.7 Å². The highest BCUT2D eigenvalue weighted by Crippen LogP contribution is 2.29. The molecule has 2 aromatic heterocycles. The summed E-state index contributed by atoms with van der Waals surface area (Å²) in [7, 11) is 0. The van der Waals surface area contributed by atoms with Crippen molar-refractivity contribution >= 4 is 22.8 Å². The molecule has 0 aliphatic carbocycles. The predicted octanol–water partition coefficient (Wildman–Crippen LogP) is -0.857. The van der Waals surface area contributed by atoms with E-state index in [0.29, 0.717) is 31.1 Å². The van der Waals surface area contributed by atoms with Gasteiger partial charge in [-0.3, -0.25) is 0 Å². The van der Waals surface area contributed by atoms with Crippen molar-refractivity contribution in [3.8, 4) is 0 Å². The number of hydrogen-bond acceptors (Lipinski definition) is 7. The minimum absolute atomic E-state index is 0.0214. The van der Waals surface area contributed by atoms with Crippen molar-refractivity contribution in [3.63, 3.8) is 0 Å². The first-order valence-corrected chi connectivity index (χ1v) is 6.43.